The van der Waals surface area contributed by atoms with E-state index in [0.717, 1.165) is 6.08 Å². The Morgan fingerprint density at radius 3 is 2.85 bits per heavy atom. The number of allylic oxidation sites excluding steroid dienone is 1. The summed E-state index contributed by atoms with van der Waals surface area (Å²) in [6.07, 6.45) is 3.39. The van der Waals surface area contributed by atoms with Crippen molar-refractivity contribution in [3.05, 3.63) is 25.0 Å². The quantitative estimate of drug-likeness (QED) is 0.375. The van der Waals surface area contributed by atoms with Crippen molar-refractivity contribution >= 4 is 5.97 Å². The van der Waals surface area contributed by atoms with E-state index in [9.17, 15) is 4.79 Å². The van der Waals surface area contributed by atoms with E-state index in [2.05, 4.69) is 11.3 Å². The molecular formula is C9H14O4. The molecular weight excluding hydrogens is 172 g/mol. The first-order valence-corrected chi connectivity index (χ1v) is 3.90. The third-order valence-electron chi connectivity index (χ3n) is 1.11. The molecule has 0 radical (unpaired) electrons. The zero-order valence-corrected chi connectivity index (χ0v) is 7.60. The Kier molecular flexibility index (Phi) is 6.63. The average molecular weight is 186 g/mol. The highest BCUT2D eigenvalue weighted by atomic mass is 16.5. The van der Waals surface area contributed by atoms with Crippen molar-refractivity contribution in [2.75, 3.05) is 13.2 Å². The fraction of sp³-hybridized carbons (Fsp3) is 0.444. The van der Waals surface area contributed by atoms with Crippen molar-refractivity contribution in [2.45, 2.75) is 13.0 Å². The van der Waals surface area contributed by atoms with E-state index in [-0.39, 0.29) is 13.2 Å². The van der Waals surface area contributed by atoms with Crippen LogP contribution in [-0.2, 0) is 14.3 Å². The molecule has 1 atom stereocenters. The van der Waals surface area contributed by atoms with Gasteiger partial charge in [0.05, 0.1) is 6.26 Å². The van der Waals surface area contributed by atoms with Crippen molar-refractivity contribution in [1.82, 2.24) is 0 Å². The van der Waals surface area contributed by atoms with Crippen molar-refractivity contribution in [2.24, 2.45) is 0 Å². The number of aliphatic hydroxyl groups is 1. The summed E-state index contributed by atoms with van der Waals surface area (Å²) < 4.78 is 9.44. The maximum atomic E-state index is 10.5. The molecule has 1 N–H and O–H groups in total. The number of carbonyl (C=O) groups excluding carboxylic acids is 1. The molecule has 0 aliphatic rings. The number of esters is 1. The third kappa shape index (κ3) is 7.08. The van der Waals surface area contributed by atoms with Crippen LogP contribution < -0.4 is 0 Å². The first-order chi connectivity index (χ1) is 6.20. The van der Waals surface area contributed by atoms with Crippen molar-refractivity contribution in [3.8, 4) is 0 Å². The molecule has 0 aromatic carbocycles. The van der Waals surface area contributed by atoms with Gasteiger partial charge in [0.25, 0.3) is 0 Å². The summed E-state index contributed by atoms with van der Waals surface area (Å²) in [5.41, 5.74) is 0. The second-order valence-corrected chi connectivity index (χ2v) is 2.29. The summed E-state index contributed by atoms with van der Waals surface area (Å²) in [7, 11) is 0. The lowest BCUT2D eigenvalue weighted by atomic mass is 10.4. The van der Waals surface area contributed by atoms with E-state index in [0.29, 0.717) is 0 Å². The summed E-state index contributed by atoms with van der Waals surface area (Å²) >= 11 is 0. The maximum Gasteiger partial charge on any atom is 0.330 e. The van der Waals surface area contributed by atoms with Crippen molar-refractivity contribution < 1.29 is 19.4 Å². The first kappa shape index (κ1) is 11.7. The number of hydrogen-bond donors (Lipinski definition) is 1. The Balaban J connectivity index is 3.45. The Morgan fingerprint density at radius 1 is 1.62 bits per heavy atom. The standard InChI is InChI=1S/C9H14O4/c1-3-5-12-6-8(10)7-13-9(11)4-2/h3-5,8,10H,2,6-7H2,1H3. The van der Waals surface area contributed by atoms with Gasteiger partial charge < -0.3 is 14.6 Å². The summed E-state index contributed by atoms with van der Waals surface area (Å²) in [6.45, 7) is 5.04. The van der Waals surface area contributed by atoms with Gasteiger partial charge in [0.2, 0.25) is 0 Å². The van der Waals surface area contributed by atoms with Crippen LogP contribution in [0, 0.1) is 0 Å². The minimum Gasteiger partial charge on any atom is -0.499 e. The minimum atomic E-state index is -0.805. The molecule has 13 heavy (non-hydrogen) atoms. The second-order valence-electron chi connectivity index (χ2n) is 2.29. The number of rotatable bonds is 6. The van der Waals surface area contributed by atoms with Crippen LogP contribution >= 0.6 is 0 Å². The molecule has 74 valence electrons. The van der Waals surface area contributed by atoms with E-state index in [1.807, 2.05) is 0 Å². The molecule has 0 rings (SSSR count). The zero-order valence-electron chi connectivity index (χ0n) is 7.60. The molecule has 4 nitrogen and oxygen atoms in total. The monoisotopic (exact) mass is 186 g/mol. The van der Waals surface area contributed by atoms with Gasteiger partial charge >= 0.3 is 5.97 Å². The molecule has 0 aromatic rings. The molecule has 0 fully saturated rings. The fourth-order valence-electron chi connectivity index (χ4n) is 0.548. The lowest BCUT2D eigenvalue weighted by Crippen LogP contribution is -2.22. The summed E-state index contributed by atoms with van der Waals surface area (Å²) in [5, 5.41) is 9.15. The molecule has 0 aliphatic carbocycles. The maximum absolute atomic E-state index is 10.5. The average Bonchev–Trinajstić information content (AvgIpc) is 2.14. The molecule has 4 heteroatoms. The van der Waals surface area contributed by atoms with Crippen LogP contribution in [0.1, 0.15) is 6.92 Å². The van der Waals surface area contributed by atoms with E-state index in [1.54, 1.807) is 13.0 Å². The molecule has 0 aromatic heterocycles. The summed E-state index contributed by atoms with van der Waals surface area (Å²) in [4.78, 5) is 10.5. The van der Waals surface area contributed by atoms with Gasteiger partial charge in [-0.05, 0) is 6.92 Å². The van der Waals surface area contributed by atoms with Gasteiger partial charge in [0.1, 0.15) is 19.3 Å². The van der Waals surface area contributed by atoms with Gasteiger partial charge in [0.15, 0.2) is 0 Å². The number of ether oxygens (including phenoxy) is 2. The van der Waals surface area contributed by atoms with Gasteiger partial charge in [-0.3, -0.25) is 0 Å². The van der Waals surface area contributed by atoms with Crippen molar-refractivity contribution in [3.63, 3.8) is 0 Å². The predicted octanol–water partition coefficient (Wildman–Crippen LogP) is 0.627. The van der Waals surface area contributed by atoms with E-state index >= 15 is 0 Å². The Morgan fingerprint density at radius 2 is 2.31 bits per heavy atom. The molecule has 0 amide bonds. The molecule has 0 bridgehead atoms. The summed E-state index contributed by atoms with van der Waals surface area (Å²) in [5.74, 6) is -0.551. The van der Waals surface area contributed by atoms with Crippen LogP contribution in [0.5, 0.6) is 0 Å². The zero-order chi connectivity index (χ0) is 10.1. The fourth-order valence-corrected chi connectivity index (χ4v) is 0.548. The van der Waals surface area contributed by atoms with Crippen LogP contribution in [0.15, 0.2) is 25.0 Å². The highest BCUT2D eigenvalue weighted by molar-refractivity contribution is 5.81. The lowest BCUT2D eigenvalue weighted by molar-refractivity contribution is -0.141. The lowest BCUT2D eigenvalue weighted by Gasteiger charge is -2.09. The molecule has 0 saturated carbocycles. The van der Waals surface area contributed by atoms with Gasteiger partial charge in [-0.2, -0.15) is 0 Å². The Bertz CT molecular complexity index is 186. The van der Waals surface area contributed by atoms with Gasteiger partial charge in [-0.15, -0.1) is 0 Å². The van der Waals surface area contributed by atoms with Crippen LogP contribution in [0.4, 0.5) is 0 Å². The topological polar surface area (TPSA) is 55.8 Å². The number of hydrogen-bond acceptors (Lipinski definition) is 4. The Hall–Kier alpha value is -1.29. The molecule has 0 saturated heterocycles. The van der Waals surface area contributed by atoms with Gasteiger partial charge in [-0.1, -0.05) is 12.7 Å². The third-order valence-corrected chi connectivity index (χ3v) is 1.11. The van der Waals surface area contributed by atoms with Crippen LogP contribution in [0.3, 0.4) is 0 Å². The minimum absolute atomic E-state index is 0.0809. The van der Waals surface area contributed by atoms with E-state index < -0.39 is 12.1 Å². The van der Waals surface area contributed by atoms with Crippen LogP contribution in [0.25, 0.3) is 0 Å². The summed E-state index contributed by atoms with van der Waals surface area (Å²) in [6, 6.07) is 0. The van der Waals surface area contributed by atoms with Crippen LogP contribution in [-0.4, -0.2) is 30.4 Å². The van der Waals surface area contributed by atoms with Gasteiger partial charge in [0, 0.05) is 6.08 Å². The highest BCUT2D eigenvalue weighted by Crippen LogP contribution is 1.89. The molecule has 0 spiro atoms. The first-order valence-electron chi connectivity index (χ1n) is 3.90. The van der Waals surface area contributed by atoms with E-state index in [4.69, 9.17) is 9.84 Å². The smallest absolute Gasteiger partial charge is 0.330 e. The van der Waals surface area contributed by atoms with Crippen LogP contribution in [0.2, 0.25) is 0 Å². The second kappa shape index (κ2) is 7.36. The molecule has 0 aliphatic heterocycles. The SMILES string of the molecule is C=CC(=O)OCC(O)COC=CC. The largest absolute Gasteiger partial charge is 0.499 e. The van der Waals surface area contributed by atoms with Gasteiger partial charge in [-0.25, -0.2) is 4.79 Å². The predicted molar refractivity (Wildman–Crippen MR) is 47.9 cm³/mol. The normalized spacial score (nSPS) is 12.5. The highest BCUT2D eigenvalue weighted by Gasteiger charge is 2.05. The number of carbonyl (C=O) groups is 1. The molecule has 1 unspecified atom stereocenters. The molecule has 0 heterocycles. The Labute approximate surface area is 77.5 Å². The van der Waals surface area contributed by atoms with Crippen molar-refractivity contribution in [1.29, 1.82) is 0 Å². The van der Waals surface area contributed by atoms with E-state index in [1.165, 1.54) is 6.26 Å². The number of aliphatic hydroxyl groups excluding tert-OH is 1.